The number of nitrogen functional groups attached to an aromatic ring is 1. The summed E-state index contributed by atoms with van der Waals surface area (Å²) >= 11 is 3.74. The van der Waals surface area contributed by atoms with Crippen molar-refractivity contribution in [2.75, 3.05) is 11.5 Å². The molecule has 4 nitrogen and oxygen atoms in total. The van der Waals surface area contributed by atoms with E-state index in [0.29, 0.717) is 17.4 Å². The predicted molar refractivity (Wildman–Crippen MR) is 87.3 cm³/mol. The molecule has 1 aromatic carbocycles. The quantitative estimate of drug-likeness (QED) is 0.728. The maximum atomic E-state index is 5.79. The van der Waals surface area contributed by atoms with Gasteiger partial charge < -0.3 is 10.3 Å². The third-order valence-electron chi connectivity index (χ3n) is 3.41. The van der Waals surface area contributed by atoms with E-state index in [4.69, 9.17) is 10.3 Å². The zero-order valence-electron chi connectivity index (χ0n) is 11.2. The zero-order chi connectivity index (χ0) is 14.2. The Morgan fingerprint density at radius 3 is 3.05 bits per heavy atom. The van der Waals surface area contributed by atoms with Crippen LogP contribution in [0.1, 0.15) is 10.4 Å². The Balaban J connectivity index is 1.69. The molecule has 4 rings (SSSR count). The number of aryl methyl sites for hydroxylation is 1. The molecule has 0 spiro atoms. The maximum Gasteiger partial charge on any atom is 0.268 e. The molecular weight excluding hydrogens is 302 g/mol. The van der Waals surface area contributed by atoms with E-state index < -0.39 is 0 Å². The second kappa shape index (κ2) is 5.20. The van der Waals surface area contributed by atoms with Gasteiger partial charge in [0.05, 0.1) is 4.88 Å². The van der Waals surface area contributed by atoms with Crippen LogP contribution in [-0.2, 0) is 12.2 Å². The first kappa shape index (κ1) is 12.9. The normalized spacial score (nSPS) is 14.1. The summed E-state index contributed by atoms with van der Waals surface area (Å²) < 4.78 is 5.42. The fourth-order valence-corrected chi connectivity index (χ4v) is 4.67. The lowest BCUT2D eigenvalue weighted by molar-refractivity contribution is 0.433. The van der Waals surface area contributed by atoms with Crippen LogP contribution in [0.25, 0.3) is 22.2 Å². The molecule has 0 fully saturated rings. The molecule has 3 aromatic rings. The second-order valence-electron chi connectivity index (χ2n) is 4.91. The average molecular weight is 315 g/mol. The minimum atomic E-state index is 0.582. The summed E-state index contributed by atoms with van der Waals surface area (Å²) in [7, 11) is 0. The third-order valence-corrected chi connectivity index (χ3v) is 5.64. The van der Waals surface area contributed by atoms with Gasteiger partial charge in [-0.05, 0) is 35.9 Å². The molecule has 0 bridgehead atoms. The molecule has 0 saturated carbocycles. The lowest BCUT2D eigenvalue weighted by atomic mass is 10.2. The van der Waals surface area contributed by atoms with Crippen LogP contribution in [0.15, 0.2) is 34.9 Å². The van der Waals surface area contributed by atoms with E-state index in [1.807, 2.05) is 36.0 Å². The van der Waals surface area contributed by atoms with Crippen LogP contribution in [-0.4, -0.2) is 15.9 Å². The molecule has 106 valence electrons. The Bertz CT molecular complexity index is 770. The molecule has 2 aromatic heterocycles. The number of nitrogens with zero attached hydrogens (tertiary/aromatic N) is 2. The molecule has 0 amide bonds. The average Bonchev–Trinajstić information content (AvgIpc) is 3.14. The van der Waals surface area contributed by atoms with Gasteiger partial charge in [-0.1, -0.05) is 17.3 Å². The molecule has 0 saturated heterocycles. The highest BCUT2D eigenvalue weighted by Crippen LogP contribution is 2.36. The number of benzene rings is 1. The molecule has 3 heterocycles. The van der Waals surface area contributed by atoms with Crippen molar-refractivity contribution >= 4 is 28.8 Å². The number of anilines is 1. The van der Waals surface area contributed by atoms with Crippen LogP contribution in [0.5, 0.6) is 0 Å². The second-order valence-corrected chi connectivity index (χ2v) is 7.15. The zero-order valence-corrected chi connectivity index (χ0v) is 12.8. The first-order valence-corrected chi connectivity index (χ1v) is 8.66. The van der Waals surface area contributed by atoms with Crippen LogP contribution < -0.4 is 5.73 Å². The Labute approximate surface area is 130 Å². The number of thiophene rings is 1. The van der Waals surface area contributed by atoms with Gasteiger partial charge in [-0.2, -0.15) is 16.7 Å². The standard InChI is InChI=1S/C15H13N3OS2/c16-11-3-1-2-9(6-11)14-17-15(19-18-14)13-7-10-8-20-5-4-12(10)21-13/h1-3,6-7H,4-5,8,16H2. The fraction of sp³-hybridized carbons (Fsp3) is 0.200. The molecule has 6 heteroatoms. The minimum Gasteiger partial charge on any atom is -0.399 e. The molecule has 1 aliphatic rings. The van der Waals surface area contributed by atoms with Gasteiger partial charge in [0.1, 0.15) is 0 Å². The van der Waals surface area contributed by atoms with E-state index in [1.54, 1.807) is 11.3 Å². The molecule has 0 unspecified atom stereocenters. The molecule has 1 aliphatic heterocycles. The van der Waals surface area contributed by atoms with Crippen molar-refractivity contribution in [2.45, 2.75) is 12.2 Å². The first-order valence-electron chi connectivity index (χ1n) is 6.69. The van der Waals surface area contributed by atoms with E-state index in [1.165, 1.54) is 16.2 Å². The largest absolute Gasteiger partial charge is 0.399 e. The van der Waals surface area contributed by atoms with Crippen molar-refractivity contribution in [3.05, 3.63) is 40.8 Å². The van der Waals surface area contributed by atoms with Crippen molar-refractivity contribution in [1.29, 1.82) is 0 Å². The SMILES string of the molecule is Nc1cccc(-c2noc(-c3cc4c(s3)CCSC4)n2)c1. The van der Waals surface area contributed by atoms with Gasteiger partial charge in [0.2, 0.25) is 5.82 Å². The van der Waals surface area contributed by atoms with Crippen LogP contribution >= 0.6 is 23.1 Å². The molecule has 21 heavy (non-hydrogen) atoms. The van der Waals surface area contributed by atoms with Gasteiger partial charge in [-0.3, -0.25) is 0 Å². The van der Waals surface area contributed by atoms with E-state index in [9.17, 15) is 0 Å². The molecular formula is C15H13N3OS2. The Morgan fingerprint density at radius 1 is 1.24 bits per heavy atom. The summed E-state index contributed by atoms with van der Waals surface area (Å²) in [4.78, 5) is 7.02. The monoisotopic (exact) mass is 315 g/mol. The van der Waals surface area contributed by atoms with E-state index >= 15 is 0 Å². The van der Waals surface area contributed by atoms with E-state index in [2.05, 4.69) is 16.2 Å². The van der Waals surface area contributed by atoms with Crippen LogP contribution in [0, 0.1) is 0 Å². The van der Waals surface area contributed by atoms with Crippen LogP contribution in [0.2, 0.25) is 0 Å². The highest BCUT2D eigenvalue weighted by atomic mass is 32.2. The van der Waals surface area contributed by atoms with Crippen LogP contribution in [0.4, 0.5) is 5.69 Å². The summed E-state index contributed by atoms with van der Waals surface area (Å²) in [5.74, 6) is 3.46. The molecule has 0 radical (unpaired) electrons. The van der Waals surface area contributed by atoms with Crippen molar-refractivity contribution < 1.29 is 4.52 Å². The van der Waals surface area contributed by atoms with Gasteiger partial charge in [-0.25, -0.2) is 0 Å². The van der Waals surface area contributed by atoms with E-state index in [0.717, 1.165) is 22.6 Å². The molecule has 0 aliphatic carbocycles. The highest BCUT2D eigenvalue weighted by Gasteiger charge is 2.18. The number of nitrogens with two attached hydrogens (primary N) is 1. The third kappa shape index (κ3) is 2.45. The Hall–Kier alpha value is -1.79. The molecule has 0 atom stereocenters. The van der Waals surface area contributed by atoms with Crippen molar-refractivity contribution in [2.24, 2.45) is 0 Å². The maximum absolute atomic E-state index is 5.79. The predicted octanol–water partition coefficient (Wildman–Crippen LogP) is 3.84. The van der Waals surface area contributed by atoms with Crippen molar-refractivity contribution in [3.8, 4) is 22.2 Å². The number of aromatic nitrogens is 2. The van der Waals surface area contributed by atoms with Gasteiger partial charge in [-0.15, -0.1) is 11.3 Å². The Morgan fingerprint density at radius 2 is 2.19 bits per heavy atom. The van der Waals surface area contributed by atoms with Gasteiger partial charge >= 0.3 is 0 Å². The molecule has 2 N–H and O–H groups in total. The fourth-order valence-electron chi connectivity index (χ4n) is 2.37. The summed E-state index contributed by atoms with van der Waals surface area (Å²) in [6, 6.07) is 9.70. The number of rotatable bonds is 2. The number of thioether (sulfide) groups is 1. The lowest BCUT2D eigenvalue weighted by Crippen LogP contribution is -1.96. The van der Waals surface area contributed by atoms with Gasteiger partial charge in [0.15, 0.2) is 0 Å². The highest BCUT2D eigenvalue weighted by molar-refractivity contribution is 7.98. The topological polar surface area (TPSA) is 64.9 Å². The number of fused-ring (bicyclic) bond motifs is 1. The lowest BCUT2D eigenvalue weighted by Gasteiger charge is -2.08. The first-order chi connectivity index (χ1) is 10.3. The summed E-state index contributed by atoms with van der Waals surface area (Å²) in [5, 5.41) is 4.07. The van der Waals surface area contributed by atoms with Crippen molar-refractivity contribution in [1.82, 2.24) is 10.1 Å². The smallest absolute Gasteiger partial charge is 0.268 e. The van der Waals surface area contributed by atoms with E-state index in [-0.39, 0.29) is 0 Å². The van der Waals surface area contributed by atoms with Gasteiger partial charge in [0, 0.05) is 21.9 Å². The number of hydrogen-bond donors (Lipinski definition) is 1. The summed E-state index contributed by atoms with van der Waals surface area (Å²) in [6.45, 7) is 0. The van der Waals surface area contributed by atoms with Crippen molar-refractivity contribution in [3.63, 3.8) is 0 Å². The van der Waals surface area contributed by atoms with Gasteiger partial charge in [0.25, 0.3) is 5.89 Å². The summed E-state index contributed by atoms with van der Waals surface area (Å²) in [5.41, 5.74) is 8.78. The van der Waals surface area contributed by atoms with Crippen LogP contribution in [0.3, 0.4) is 0 Å². The Kier molecular flexibility index (Phi) is 3.20. The summed E-state index contributed by atoms with van der Waals surface area (Å²) in [6.07, 6.45) is 1.14. The number of hydrogen-bond acceptors (Lipinski definition) is 6. The minimum absolute atomic E-state index is 0.582.